The molecular weight excluding hydrogens is 348 g/mol. The van der Waals surface area contributed by atoms with Gasteiger partial charge in [0.2, 0.25) is 5.95 Å². The number of hydrogen-bond donors (Lipinski definition) is 0. The summed E-state index contributed by atoms with van der Waals surface area (Å²) in [7, 11) is 0. The van der Waals surface area contributed by atoms with Gasteiger partial charge in [0.15, 0.2) is 0 Å². The van der Waals surface area contributed by atoms with Crippen molar-refractivity contribution >= 4 is 28.0 Å². The van der Waals surface area contributed by atoms with Gasteiger partial charge in [-0.3, -0.25) is 0 Å². The minimum absolute atomic E-state index is 0.173. The molecule has 7 heteroatoms. The van der Waals surface area contributed by atoms with E-state index in [-0.39, 0.29) is 18.2 Å². The molecule has 2 bridgehead atoms. The molecule has 0 spiro atoms. The largest absolute Gasteiger partial charge is 0.444 e. The maximum Gasteiger partial charge on any atom is 0.410 e. The number of piperazine rings is 1. The summed E-state index contributed by atoms with van der Waals surface area (Å²) in [6.07, 6.45) is 5.38. The summed E-state index contributed by atoms with van der Waals surface area (Å²) in [5, 5.41) is 0. The number of hydrogen-bond acceptors (Lipinski definition) is 5. The van der Waals surface area contributed by atoms with Gasteiger partial charge in [-0.05, 0) is 49.5 Å². The maximum absolute atomic E-state index is 12.3. The van der Waals surface area contributed by atoms with Crippen LogP contribution in [-0.2, 0) is 4.74 Å². The summed E-state index contributed by atoms with van der Waals surface area (Å²) >= 11 is 3.35. The van der Waals surface area contributed by atoms with Crippen molar-refractivity contribution in [2.75, 3.05) is 18.0 Å². The number of halogens is 1. The molecule has 0 N–H and O–H groups in total. The number of anilines is 1. The first-order valence-corrected chi connectivity index (χ1v) is 8.36. The van der Waals surface area contributed by atoms with Gasteiger partial charge in [0.25, 0.3) is 0 Å². The van der Waals surface area contributed by atoms with Crippen LogP contribution in [0.4, 0.5) is 10.7 Å². The quantitative estimate of drug-likeness (QED) is 0.762. The molecule has 3 saturated heterocycles. The van der Waals surface area contributed by atoms with E-state index in [1.54, 1.807) is 12.4 Å². The summed E-state index contributed by atoms with van der Waals surface area (Å²) in [6.45, 7) is 7.14. The number of nitrogens with zero attached hydrogens (tertiary/aromatic N) is 4. The highest BCUT2D eigenvalue weighted by Crippen LogP contribution is 2.32. The van der Waals surface area contributed by atoms with E-state index in [9.17, 15) is 4.79 Å². The van der Waals surface area contributed by atoms with Crippen LogP contribution in [0.5, 0.6) is 0 Å². The fourth-order valence-corrected chi connectivity index (χ4v) is 3.28. The summed E-state index contributed by atoms with van der Waals surface area (Å²) < 4.78 is 6.39. The zero-order valence-corrected chi connectivity index (χ0v) is 14.7. The molecule has 0 aliphatic carbocycles. The first-order chi connectivity index (χ1) is 10.3. The molecule has 1 aromatic rings. The van der Waals surface area contributed by atoms with E-state index < -0.39 is 5.60 Å². The Bertz CT molecular complexity index is 558. The second-order valence-corrected chi connectivity index (χ2v) is 7.79. The highest BCUT2D eigenvalue weighted by molar-refractivity contribution is 9.10. The van der Waals surface area contributed by atoms with Crippen molar-refractivity contribution in [3.05, 3.63) is 16.9 Å². The summed E-state index contributed by atoms with van der Waals surface area (Å²) in [4.78, 5) is 25.2. The zero-order valence-electron chi connectivity index (χ0n) is 13.1. The van der Waals surface area contributed by atoms with Crippen molar-refractivity contribution in [3.63, 3.8) is 0 Å². The molecule has 1 aromatic heterocycles. The SMILES string of the molecule is CC(C)(C)OC(=O)N1C[C@@H]2CC[C@H]1CN2c1ncc(Br)cn1. The molecule has 0 saturated carbocycles. The summed E-state index contributed by atoms with van der Waals surface area (Å²) in [5.41, 5.74) is -0.456. The van der Waals surface area contributed by atoms with Crippen LogP contribution in [0.2, 0.25) is 0 Å². The number of rotatable bonds is 1. The molecule has 0 aromatic carbocycles. The van der Waals surface area contributed by atoms with Crippen molar-refractivity contribution < 1.29 is 9.53 Å². The van der Waals surface area contributed by atoms with Gasteiger partial charge in [-0.25, -0.2) is 14.8 Å². The Balaban J connectivity index is 1.71. The van der Waals surface area contributed by atoms with Crippen LogP contribution < -0.4 is 4.90 Å². The maximum atomic E-state index is 12.3. The van der Waals surface area contributed by atoms with Crippen molar-refractivity contribution in [2.45, 2.75) is 51.3 Å². The van der Waals surface area contributed by atoms with E-state index in [0.29, 0.717) is 6.54 Å². The average Bonchev–Trinajstić information content (AvgIpc) is 2.46. The predicted molar refractivity (Wildman–Crippen MR) is 86.8 cm³/mol. The van der Waals surface area contributed by atoms with Crippen molar-refractivity contribution in [3.8, 4) is 0 Å². The Morgan fingerprint density at radius 3 is 2.41 bits per heavy atom. The van der Waals surface area contributed by atoms with Gasteiger partial charge in [0, 0.05) is 31.5 Å². The van der Waals surface area contributed by atoms with Gasteiger partial charge < -0.3 is 14.5 Å². The lowest BCUT2D eigenvalue weighted by atomic mass is 9.91. The number of piperidine rings is 2. The fraction of sp³-hybridized carbons (Fsp3) is 0.667. The van der Waals surface area contributed by atoms with Crippen LogP contribution in [0.3, 0.4) is 0 Å². The molecule has 22 heavy (non-hydrogen) atoms. The highest BCUT2D eigenvalue weighted by atomic mass is 79.9. The van der Waals surface area contributed by atoms with E-state index >= 15 is 0 Å². The van der Waals surface area contributed by atoms with Crippen LogP contribution in [-0.4, -0.2) is 51.7 Å². The standard InChI is InChI=1S/C15H21BrN4O2/c1-15(2,3)22-14(21)20-9-11-4-5-12(20)8-19(11)13-17-6-10(16)7-18-13/h6-7,11-12H,4-5,8-9H2,1-3H3/t11-,12-/m0/s1. The molecule has 2 atom stereocenters. The monoisotopic (exact) mass is 368 g/mol. The first kappa shape index (κ1) is 15.5. The van der Waals surface area contributed by atoms with Gasteiger partial charge in [0.05, 0.1) is 10.5 Å². The number of carbonyl (C=O) groups is 1. The topological polar surface area (TPSA) is 58.6 Å². The van der Waals surface area contributed by atoms with E-state index in [2.05, 4.69) is 30.8 Å². The molecule has 6 nitrogen and oxygen atoms in total. The number of ether oxygens (including phenoxy) is 1. The number of aromatic nitrogens is 2. The van der Waals surface area contributed by atoms with Crippen LogP contribution in [0, 0.1) is 0 Å². The van der Waals surface area contributed by atoms with Crippen LogP contribution >= 0.6 is 15.9 Å². The third-order valence-corrected chi connectivity index (χ3v) is 4.43. The number of carbonyl (C=O) groups excluding carboxylic acids is 1. The smallest absolute Gasteiger partial charge is 0.410 e. The van der Waals surface area contributed by atoms with Crippen molar-refractivity contribution in [1.29, 1.82) is 0 Å². The Morgan fingerprint density at radius 2 is 1.86 bits per heavy atom. The van der Waals surface area contributed by atoms with Crippen LogP contribution in [0.25, 0.3) is 0 Å². The van der Waals surface area contributed by atoms with E-state index in [0.717, 1.165) is 29.8 Å². The third kappa shape index (κ3) is 3.19. The van der Waals surface area contributed by atoms with E-state index in [4.69, 9.17) is 4.74 Å². The Labute approximate surface area is 139 Å². The average molecular weight is 369 g/mol. The molecule has 4 rings (SSSR count). The Hall–Kier alpha value is -1.37. The van der Waals surface area contributed by atoms with Gasteiger partial charge in [-0.15, -0.1) is 0 Å². The first-order valence-electron chi connectivity index (χ1n) is 7.57. The van der Waals surface area contributed by atoms with Gasteiger partial charge in [-0.2, -0.15) is 0 Å². The normalized spacial score (nSPS) is 24.5. The summed E-state index contributed by atoms with van der Waals surface area (Å²) in [6, 6.07) is 0.436. The van der Waals surface area contributed by atoms with E-state index in [1.165, 1.54) is 0 Å². The number of amides is 1. The van der Waals surface area contributed by atoms with Gasteiger partial charge in [0.1, 0.15) is 5.60 Å². The second-order valence-electron chi connectivity index (χ2n) is 6.87. The molecule has 0 radical (unpaired) electrons. The van der Waals surface area contributed by atoms with Crippen molar-refractivity contribution in [1.82, 2.24) is 14.9 Å². The molecule has 120 valence electrons. The minimum atomic E-state index is -0.456. The lowest BCUT2D eigenvalue weighted by molar-refractivity contribution is 0.000677. The molecule has 1 amide bonds. The molecule has 3 fully saturated rings. The molecule has 4 heterocycles. The van der Waals surface area contributed by atoms with Gasteiger partial charge in [-0.1, -0.05) is 0 Å². The third-order valence-electron chi connectivity index (χ3n) is 4.02. The Morgan fingerprint density at radius 1 is 1.23 bits per heavy atom. The highest BCUT2D eigenvalue weighted by Gasteiger charge is 2.43. The zero-order chi connectivity index (χ0) is 15.9. The van der Waals surface area contributed by atoms with Gasteiger partial charge >= 0.3 is 6.09 Å². The Kier molecular flexibility index (Phi) is 4.01. The van der Waals surface area contributed by atoms with E-state index in [1.807, 2.05) is 25.7 Å². The molecular formula is C15H21BrN4O2. The van der Waals surface area contributed by atoms with Crippen molar-refractivity contribution in [2.24, 2.45) is 0 Å². The van der Waals surface area contributed by atoms with Crippen LogP contribution in [0.1, 0.15) is 33.6 Å². The fourth-order valence-electron chi connectivity index (χ4n) is 3.07. The lowest BCUT2D eigenvalue weighted by Gasteiger charge is -2.51. The summed E-state index contributed by atoms with van der Waals surface area (Å²) in [5.74, 6) is 0.738. The molecule has 0 unspecified atom stereocenters. The molecule has 3 aliphatic heterocycles. The predicted octanol–water partition coefficient (Wildman–Crippen LogP) is 2.83. The number of fused-ring (bicyclic) bond motifs is 3. The lowest BCUT2D eigenvalue weighted by Crippen LogP contribution is -2.64. The molecule has 3 aliphatic rings. The van der Waals surface area contributed by atoms with Crippen LogP contribution in [0.15, 0.2) is 16.9 Å². The second kappa shape index (κ2) is 5.68. The minimum Gasteiger partial charge on any atom is -0.444 e.